The smallest absolute Gasteiger partial charge is 0.243 e. The van der Waals surface area contributed by atoms with Crippen LogP contribution in [0.25, 0.3) is 0 Å². The Morgan fingerprint density at radius 2 is 2.00 bits per heavy atom. The zero-order valence-corrected chi connectivity index (χ0v) is 13.1. The molecule has 1 aliphatic carbocycles. The number of hydrogen-bond acceptors (Lipinski definition) is 6. The molecule has 3 rings (SSSR count). The molecule has 21 heavy (non-hydrogen) atoms. The van der Waals surface area contributed by atoms with E-state index in [0.717, 1.165) is 25.7 Å². The third-order valence-electron chi connectivity index (χ3n) is 5.06. The molecule has 0 aromatic carbocycles. The van der Waals surface area contributed by atoms with Crippen molar-refractivity contribution in [2.24, 2.45) is 5.41 Å². The molecule has 0 amide bonds. The maximum Gasteiger partial charge on any atom is 0.243 e. The SMILES string of the molecule is COC1(c2noc([C@@H]3C[C@H](O)CN3)n2)CCC(C)(C)CC1. The second-order valence-electron chi connectivity index (χ2n) is 7.17. The second kappa shape index (κ2) is 5.34. The molecule has 0 radical (unpaired) electrons. The molecule has 1 aromatic heterocycles. The van der Waals surface area contributed by atoms with E-state index in [4.69, 9.17) is 9.26 Å². The van der Waals surface area contributed by atoms with Crippen molar-refractivity contribution in [2.75, 3.05) is 13.7 Å². The Bertz CT molecular complexity index is 490. The second-order valence-corrected chi connectivity index (χ2v) is 7.17. The van der Waals surface area contributed by atoms with Crippen LogP contribution in [0.1, 0.15) is 63.7 Å². The van der Waals surface area contributed by atoms with Crippen molar-refractivity contribution in [2.45, 2.75) is 63.7 Å². The first-order chi connectivity index (χ1) is 9.94. The van der Waals surface area contributed by atoms with E-state index in [-0.39, 0.29) is 12.1 Å². The van der Waals surface area contributed by atoms with Gasteiger partial charge in [-0.05, 0) is 37.5 Å². The third-order valence-corrected chi connectivity index (χ3v) is 5.06. The van der Waals surface area contributed by atoms with Gasteiger partial charge >= 0.3 is 0 Å². The molecule has 6 nitrogen and oxygen atoms in total. The summed E-state index contributed by atoms with van der Waals surface area (Å²) >= 11 is 0. The molecule has 1 saturated carbocycles. The van der Waals surface area contributed by atoms with Crippen LogP contribution in [0.4, 0.5) is 0 Å². The lowest BCUT2D eigenvalue weighted by atomic mass is 9.70. The van der Waals surface area contributed by atoms with Crippen LogP contribution >= 0.6 is 0 Å². The van der Waals surface area contributed by atoms with E-state index in [1.807, 2.05) is 0 Å². The molecule has 2 N–H and O–H groups in total. The fraction of sp³-hybridized carbons (Fsp3) is 0.867. The molecular weight excluding hydrogens is 270 g/mol. The summed E-state index contributed by atoms with van der Waals surface area (Å²) in [4.78, 5) is 4.56. The molecule has 0 unspecified atom stereocenters. The molecule has 1 aliphatic heterocycles. The highest BCUT2D eigenvalue weighted by atomic mass is 16.5. The number of nitrogens with one attached hydrogen (secondary N) is 1. The van der Waals surface area contributed by atoms with Crippen molar-refractivity contribution in [3.63, 3.8) is 0 Å². The van der Waals surface area contributed by atoms with Gasteiger partial charge in [-0.15, -0.1) is 0 Å². The van der Waals surface area contributed by atoms with Crippen molar-refractivity contribution in [1.82, 2.24) is 15.5 Å². The molecule has 2 atom stereocenters. The zero-order chi connectivity index (χ0) is 15.1. The van der Waals surface area contributed by atoms with Gasteiger partial charge in [-0.25, -0.2) is 0 Å². The van der Waals surface area contributed by atoms with Gasteiger partial charge in [0.05, 0.1) is 12.1 Å². The van der Waals surface area contributed by atoms with Crippen LogP contribution in [0.5, 0.6) is 0 Å². The number of β-amino-alcohol motifs (C(OH)–C–C–N with tert-alkyl or cyclic N) is 1. The number of rotatable bonds is 3. The standard InChI is InChI=1S/C15H25N3O3/c1-14(2)4-6-15(20-3,7-5-14)13-17-12(21-18-13)11-8-10(19)9-16-11/h10-11,16,19H,4-9H2,1-3H3/t10-,11-/m0/s1. The van der Waals surface area contributed by atoms with Crippen LogP contribution in [0, 0.1) is 5.41 Å². The van der Waals surface area contributed by atoms with E-state index in [9.17, 15) is 5.11 Å². The van der Waals surface area contributed by atoms with Crippen molar-refractivity contribution in [3.8, 4) is 0 Å². The van der Waals surface area contributed by atoms with Gasteiger partial charge in [0.25, 0.3) is 0 Å². The van der Waals surface area contributed by atoms with Gasteiger partial charge in [-0.2, -0.15) is 4.98 Å². The van der Waals surface area contributed by atoms with Crippen LogP contribution in [0.15, 0.2) is 4.52 Å². The predicted molar refractivity (Wildman–Crippen MR) is 76.6 cm³/mol. The van der Waals surface area contributed by atoms with Crippen LogP contribution in [0.2, 0.25) is 0 Å². The van der Waals surface area contributed by atoms with Gasteiger partial charge < -0.3 is 19.7 Å². The molecule has 6 heteroatoms. The first kappa shape index (κ1) is 14.9. The van der Waals surface area contributed by atoms with Crippen LogP contribution in [0.3, 0.4) is 0 Å². The number of aliphatic hydroxyl groups excluding tert-OH is 1. The van der Waals surface area contributed by atoms with Gasteiger partial charge in [0.2, 0.25) is 11.7 Å². The Balaban J connectivity index is 1.78. The highest BCUT2D eigenvalue weighted by Gasteiger charge is 2.44. The summed E-state index contributed by atoms with van der Waals surface area (Å²) in [6, 6.07) is -0.0461. The molecule has 0 bridgehead atoms. The van der Waals surface area contributed by atoms with Gasteiger partial charge in [-0.1, -0.05) is 19.0 Å². The highest BCUT2D eigenvalue weighted by Crippen LogP contribution is 2.46. The monoisotopic (exact) mass is 295 g/mol. The molecule has 2 aliphatic rings. The Labute approximate surface area is 125 Å². The van der Waals surface area contributed by atoms with Crippen molar-refractivity contribution < 1.29 is 14.4 Å². The van der Waals surface area contributed by atoms with E-state index < -0.39 is 5.60 Å². The predicted octanol–water partition coefficient (Wildman–Crippen LogP) is 1.91. The number of aromatic nitrogens is 2. The lowest BCUT2D eigenvalue weighted by Crippen LogP contribution is -2.37. The summed E-state index contributed by atoms with van der Waals surface area (Å²) in [5.74, 6) is 1.21. The highest BCUT2D eigenvalue weighted by molar-refractivity contribution is 5.07. The normalized spacial score (nSPS) is 31.4. The van der Waals surface area contributed by atoms with Crippen LogP contribution in [-0.2, 0) is 10.3 Å². The molecule has 118 valence electrons. The average molecular weight is 295 g/mol. The summed E-state index contributed by atoms with van der Waals surface area (Å²) in [6.45, 7) is 5.15. The van der Waals surface area contributed by atoms with E-state index in [1.54, 1.807) is 7.11 Å². The number of ether oxygens (including phenoxy) is 1. The number of hydrogen-bond donors (Lipinski definition) is 2. The minimum absolute atomic E-state index is 0.0461. The largest absolute Gasteiger partial charge is 0.392 e. The fourth-order valence-corrected chi connectivity index (χ4v) is 3.32. The average Bonchev–Trinajstić information content (AvgIpc) is 3.08. The van der Waals surface area contributed by atoms with Crippen molar-refractivity contribution in [1.29, 1.82) is 0 Å². The molecule has 2 fully saturated rings. The number of aliphatic hydroxyl groups is 1. The first-order valence-electron chi connectivity index (χ1n) is 7.75. The Morgan fingerprint density at radius 3 is 2.57 bits per heavy atom. The summed E-state index contributed by atoms with van der Waals surface area (Å²) < 4.78 is 11.2. The molecular formula is C15H25N3O3. The van der Waals surface area contributed by atoms with Crippen molar-refractivity contribution >= 4 is 0 Å². The summed E-state index contributed by atoms with van der Waals surface area (Å²) in [5.41, 5.74) is -0.0692. The van der Waals surface area contributed by atoms with Crippen LogP contribution < -0.4 is 5.32 Å². The summed E-state index contributed by atoms with van der Waals surface area (Å²) in [7, 11) is 1.73. The van der Waals surface area contributed by atoms with Gasteiger partial charge in [0.15, 0.2) is 0 Å². The fourth-order valence-electron chi connectivity index (χ4n) is 3.32. The van der Waals surface area contributed by atoms with Gasteiger partial charge in [0, 0.05) is 13.7 Å². The molecule has 0 spiro atoms. The van der Waals surface area contributed by atoms with E-state index in [2.05, 4.69) is 29.3 Å². The lowest BCUT2D eigenvalue weighted by molar-refractivity contribution is -0.0740. The zero-order valence-electron chi connectivity index (χ0n) is 13.1. The minimum atomic E-state index is -0.422. The molecule has 2 heterocycles. The minimum Gasteiger partial charge on any atom is -0.392 e. The van der Waals surface area contributed by atoms with Crippen molar-refractivity contribution in [3.05, 3.63) is 11.7 Å². The van der Waals surface area contributed by atoms with E-state index >= 15 is 0 Å². The third kappa shape index (κ3) is 2.84. The number of nitrogens with zero attached hydrogens (tertiary/aromatic N) is 2. The maximum absolute atomic E-state index is 9.59. The first-order valence-corrected chi connectivity index (χ1v) is 7.75. The Morgan fingerprint density at radius 1 is 1.29 bits per heavy atom. The Kier molecular flexibility index (Phi) is 3.80. The maximum atomic E-state index is 9.59. The lowest BCUT2D eigenvalue weighted by Gasteiger charge is -2.40. The topological polar surface area (TPSA) is 80.4 Å². The summed E-state index contributed by atoms with van der Waals surface area (Å²) in [5, 5.41) is 17.0. The summed E-state index contributed by atoms with van der Waals surface area (Å²) in [6.07, 6.45) is 4.29. The Hall–Kier alpha value is -0.980. The quantitative estimate of drug-likeness (QED) is 0.886. The van der Waals surface area contributed by atoms with E-state index in [0.29, 0.717) is 30.1 Å². The molecule has 1 aromatic rings. The van der Waals surface area contributed by atoms with Gasteiger partial charge in [0.1, 0.15) is 5.60 Å². The van der Waals surface area contributed by atoms with E-state index in [1.165, 1.54) is 0 Å². The van der Waals surface area contributed by atoms with Crippen LogP contribution in [-0.4, -0.2) is 35.0 Å². The number of methoxy groups -OCH3 is 1. The molecule has 1 saturated heterocycles. The van der Waals surface area contributed by atoms with Gasteiger partial charge in [-0.3, -0.25) is 0 Å².